The largest absolute Gasteiger partial charge is 0.388 e. The molecule has 0 bridgehead atoms. The molecule has 1 N–H and O–H groups in total. The van der Waals surface area contributed by atoms with E-state index in [9.17, 15) is 5.11 Å². The number of hydrogen-bond acceptors (Lipinski definition) is 1. The van der Waals surface area contributed by atoms with Gasteiger partial charge in [0.05, 0.1) is 6.10 Å². The Hall–Kier alpha value is -0.340. The summed E-state index contributed by atoms with van der Waals surface area (Å²) < 4.78 is 1.17. The molecule has 1 aliphatic carbocycles. The highest BCUT2D eigenvalue weighted by molar-refractivity contribution is 9.10. The van der Waals surface area contributed by atoms with E-state index in [1.807, 2.05) is 0 Å². The van der Waals surface area contributed by atoms with Crippen LogP contribution in [0.2, 0.25) is 0 Å². The topological polar surface area (TPSA) is 20.2 Å². The summed E-state index contributed by atoms with van der Waals surface area (Å²) in [6.45, 7) is 4.14. The van der Waals surface area contributed by atoms with Crippen molar-refractivity contribution in [2.24, 2.45) is 0 Å². The van der Waals surface area contributed by atoms with E-state index < -0.39 is 0 Å². The van der Waals surface area contributed by atoms with Crippen LogP contribution in [0, 0.1) is 13.8 Å². The summed E-state index contributed by atoms with van der Waals surface area (Å²) in [6.07, 6.45) is 0.579. The maximum atomic E-state index is 9.48. The number of aryl methyl sites for hydroxylation is 2. The molecule has 0 spiro atoms. The van der Waals surface area contributed by atoms with Crippen LogP contribution in [0.5, 0.6) is 0 Å². The van der Waals surface area contributed by atoms with E-state index in [0.717, 1.165) is 12.0 Å². The normalized spacial score (nSPS) is 20.2. The van der Waals surface area contributed by atoms with Gasteiger partial charge in [0.2, 0.25) is 0 Å². The van der Waals surface area contributed by atoms with Crippen LogP contribution < -0.4 is 0 Å². The van der Waals surface area contributed by atoms with Gasteiger partial charge in [-0.1, -0.05) is 22.0 Å². The third-order valence-corrected chi connectivity index (χ3v) is 3.63. The predicted octanol–water partition coefficient (Wildman–Crippen LogP) is 2.66. The zero-order valence-corrected chi connectivity index (χ0v) is 8.77. The van der Waals surface area contributed by atoms with Crippen LogP contribution in [0.3, 0.4) is 0 Å². The van der Waals surface area contributed by atoms with Crippen LogP contribution in [0.4, 0.5) is 0 Å². The zero-order valence-electron chi connectivity index (χ0n) is 7.19. The first-order chi connectivity index (χ1) is 5.61. The van der Waals surface area contributed by atoms with E-state index in [0.29, 0.717) is 0 Å². The average molecular weight is 227 g/mol. The Labute approximate surface area is 80.5 Å². The lowest BCUT2D eigenvalue weighted by atomic mass is 9.81. The molecule has 1 aliphatic rings. The van der Waals surface area contributed by atoms with Gasteiger partial charge >= 0.3 is 0 Å². The molecule has 1 unspecified atom stereocenters. The van der Waals surface area contributed by atoms with E-state index in [1.54, 1.807) is 0 Å². The number of halogens is 1. The second-order valence-corrected chi connectivity index (χ2v) is 4.23. The van der Waals surface area contributed by atoms with Crippen molar-refractivity contribution in [3.05, 3.63) is 32.8 Å². The minimum Gasteiger partial charge on any atom is -0.388 e. The molecule has 0 aliphatic heterocycles. The first-order valence-corrected chi connectivity index (χ1v) is 4.87. The quantitative estimate of drug-likeness (QED) is 0.722. The van der Waals surface area contributed by atoms with Gasteiger partial charge in [-0.3, -0.25) is 0 Å². The predicted molar refractivity (Wildman–Crippen MR) is 52.3 cm³/mol. The van der Waals surface area contributed by atoms with Crippen molar-refractivity contribution in [1.29, 1.82) is 0 Å². The van der Waals surface area contributed by atoms with E-state index in [2.05, 4.69) is 35.8 Å². The van der Waals surface area contributed by atoms with Gasteiger partial charge in [0.1, 0.15) is 0 Å². The summed E-state index contributed by atoms with van der Waals surface area (Å²) >= 11 is 3.53. The molecule has 0 heterocycles. The Morgan fingerprint density at radius 3 is 2.67 bits per heavy atom. The first-order valence-electron chi connectivity index (χ1n) is 4.08. The van der Waals surface area contributed by atoms with Gasteiger partial charge in [-0.15, -0.1) is 0 Å². The van der Waals surface area contributed by atoms with E-state index in [-0.39, 0.29) is 6.10 Å². The Morgan fingerprint density at radius 2 is 2.08 bits per heavy atom. The van der Waals surface area contributed by atoms with Gasteiger partial charge in [-0.05, 0) is 36.1 Å². The van der Waals surface area contributed by atoms with Crippen molar-refractivity contribution in [2.75, 3.05) is 0 Å². The fraction of sp³-hybridized carbons (Fsp3) is 0.400. The molecule has 64 valence electrons. The number of rotatable bonds is 0. The fourth-order valence-corrected chi connectivity index (χ4v) is 2.38. The molecule has 0 radical (unpaired) electrons. The smallest absolute Gasteiger partial charge is 0.0836 e. The molecule has 2 rings (SSSR count). The minimum absolute atomic E-state index is 0.225. The number of fused-ring (bicyclic) bond motifs is 1. The first kappa shape index (κ1) is 8.27. The van der Waals surface area contributed by atoms with Gasteiger partial charge in [-0.2, -0.15) is 0 Å². The van der Waals surface area contributed by atoms with E-state index in [1.165, 1.54) is 21.2 Å². The molecule has 1 nitrogen and oxygen atoms in total. The van der Waals surface area contributed by atoms with Gasteiger partial charge < -0.3 is 5.11 Å². The van der Waals surface area contributed by atoms with Gasteiger partial charge in [0.15, 0.2) is 0 Å². The van der Waals surface area contributed by atoms with Gasteiger partial charge in [-0.25, -0.2) is 0 Å². The number of aliphatic hydroxyl groups excluding tert-OH is 1. The second kappa shape index (κ2) is 2.57. The van der Waals surface area contributed by atoms with Crippen LogP contribution in [0.1, 0.15) is 28.4 Å². The summed E-state index contributed by atoms with van der Waals surface area (Å²) in [6, 6.07) is 2.12. The van der Waals surface area contributed by atoms with Crippen molar-refractivity contribution in [2.45, 2.75) is 26.4 Å². The molecule has 0 aromatic heterocycles. The molecule has 2 heteroatoms. The molecule has 1 aromatic rings. The summed E-state index contributed by atoms with van der Waals surface area (Å²) in [4.78, 5) is 0. The van der Waals surface area contributed by atoms with Gasteiger partial charge in [0.25, 0.3) is 0 Å². The lowest BCUT2D eigenvalue weighted by molar-refractivity contribution is 0.152. The highest BCUT2D eigenvalue weighted by atomic mass is 79.9. The average Bonchev–Trinajstić information content (AvgIpc) is 1.96. The third kappa shape index (κ3) is 0.947. The molecule has 0 amide bonds. The summed E-state index contributed by atoms with van der Waals surface area (Å²) in [5.74, 6) is 0. The van der Waals surface area contributed by atoms with E-state index in [4.69, 9.17) is 0 Å². The maximum Gasteiger partial charge on any atom is 0.0836 e. The summed E-state index contributed by atoms with van der Waals surface area (Å²) in [7, 11) is 0. The zero-order chi connectivity index (χ0) is 8.88. The number of benzene rings is 1. The van der Waals surface area contributed by atoms with Crippen LogP contribution in [0.15, 0.2) is 10.5 Å². The fourth-order valence-electron chi connectivity index (χ4n) is 1.89. The lowest BCUT2D eigenvalue weighted by Crippen LogP contribution is -2.19. The highest BCUT2D eigenvalue weighted by Gasteiger charge is 2.28. The van der Waals surface area contributed by atoms with Crippen molar-refractivity contribution >= 4 is 15.9 Å². The van der Waals surface area contributed by atoms with Crippen molar-refractivity contribution in [3.63, 3.8) is 0 Å². The Kier molecular flexibility index (Phi) is 1.77. The van der Waals surface area contributed by atoms with Crippen molar-refractivity contribution in [3.8, 4) is 0 Å². The van der Waals surface area contributed by atoms with Gasteiger partial charge in [0, 0.05) is 10.9 Å². The Balaban J connectivity index is 2.67. The molecule has 1 atom stereocenters. The number of hydrogen-bond donors (Lipinski definition) is 1. The second-order valence-electron chi connectivity index (χ2n) is 3.44. The molecule has 12 heavy (non-hydrogen) atoms. The van der Waals surface area contributed by atoms with Crippen LogP contribution in [-0.2, 0) is 6.42 Å². The molecule has 1 aromatic carbocycles. The number of aliphatic hydroxyl groups is 1. The monoisotopic (exact) mass is 226 g/mol. The lowest BCUT2D eigenvalue weighted by Gasteiger charge is -2.29. The van der Waals surface area contributed by atoms with E-state index >= 15 is 0 Å². The standard InChI is InChI=1S/C10H11BrO/c1-5-3-6(2)10(11)7-4-8(12)9(5)7/h3,8,12H,4H2,1-2H3. The van der Waals surface area contributed by atoms with Crippen molar-refractivity contribution < 1.29 is 5.11 Å². The molecule has 0 saturated carbocycles. The summed E-state index contributed by atoms with van der Waals surface area (Å²) in [5.41, 5.74) is 4.90. The molecule has 0 saturated heterocycles. The molecule has 0 fully saturated rings. The van der Waals surface area contributed by atoms with Crippen LogP contribution in [-0.4, -0.2) is 5.11 Å². The van der Waals surface area contributed by atoms with Crippen LogP contribution in [0.25, 0.3) is 0 Å². The Morgan fingerprint density at radius 1 is 1.42 bits per heavy atom. The molecular formula is C10H11BrO. The third-order valence-electron chi connectivity index (χ3n) is 2.52. The Bertz CT molecular complexity index is 344. The maximum absolute atomic E-state index is 9.48. The SMILES string of the molecule is Cc1cc(C)c2c(c1Br)CC2O. The van der Waals surface area contributed by atoms with Crippen LogP contribution >= 0.6 is 15.9 Å². The minimum atomic E-state index is -0.225. The highest BCUT2D eigenvalue weighted by Crippen LogP contribution is 2.41. The molecular weight excluding hydrogens is 216 g/mol. The van der Waals surface area contributed by atoms with Crippen molar-refractivity contribution in [1.82, 2.24) is 0 Å². The summed E-state index contributed by atoms with van der Waals surface area (Å²) in [5, 5.41) is 9.48.